The minimum absolute atomic E-state index is 0.0644. The summed E-state index contributed by atoms with van der Waals surface area (Å²) in [4.78, 5) is 19.0. The summed E-state index contributed by atoms with van der Waals surface area (Å²) in [5, 5.41) is 10.2. The van der Waals surface area contributed by atoms with Crippen molar-refractivity contribution in [3.63, 3.8) is 0 Å². The molecule has 0 radical (unpaired) electrons. The van der Waals surface area contributed by atoms with E-state index in [1.807, 2.05) is 74.4 Å². The standard InChI is InChI=1S/C22H30ClN5O/c1-4-24-22(26-15-17-8-10-20(23)11-9-17)27-16-18-6-5-7-19(14-18)21(29)25-12-13-28(2)3/h5-11,14H,4,12-13,15-16H2,1-3H3,(H,25,29)(H2,24,26,27). The number of benzene rings is 2. The van der Waals surface area contributed by atoms with E-state index < -0.39 is 0 Å². The molecule has 0 bridgehead atoms. The minimum atomic E-state index is -0.0644. The number of aliphatic imine (C=N–C) groups is 1. The largest absolute Gasteiger partial charge is 0.357 e. The second-order valence-corrected chi connectivity index (χ2v) is 7.37. The van der Waals surface area contributed by atoms with Crippen LogP contribution in [0.3, 0.4) is 0 Å². The van der Waals surface area contributed by atoms with Crippen LogP contribution in [0.4, 0.5) is 0 Å². The number of halogens is 1. The number of nitrogens with zero attached hydrogens (tertiary/aromatic N) is 2. The second-order valence-electron chi connectivity index (χ2n) is 6.93. The van der Waals surface area contributed by atoms with Gasteiger partial charge in [0.15, 0.2) is 5.96 Å². The van der Waals surface area contributed by atoms with Gasteiger partial charge in [-0.1, -0.05) is 35.9 Å². The Hall–Kier alpha value is -2.57. The van der Waals surface area contributed by atoms with Crippen LogP contribution in [-0.2, 0) is 13.1 Å². The monoisotopic (exact) mass is 415 g/mol. The van der Waals surface area contributed by atoms with Gasteiger partial charge in [-0.25, -0.2) is 4.99 Å². The molecule has 2 aromatic carbocycles. The normalized spacial score (nSPS) is 11.4. The van der Waals surface area contributed by atoms with Crippen LogP contribution >= 0.6 is 11.6 Å². The highest BCUT2D eigenvalue weighted by Crippen LogP contribution is 2.09. The van der Waals surface area contributed by atoms with Gasteiger partial charge in [0.2, 0.25) is 0 Å². The van der Waals surface area contributed by atoms with Crippen LogP contribution in [0.5, 0.6) is 0 Å². The first-order chi connectivity index (χ1) is 14.0. The molecule has 156 valence electrons. The Bertz CT molecular complexity index is 805. The molecular weight excluding hydrogens is 386 g/mol. The number of hydrogen-bond donors (Lipinski definition) is 3. The molecule has 29 heavy (non-hydrogen) atoms. The topological polar surface area (TPSA) is 68.8 Å². The first-order valence-electron chi connectivity index (χ1n) is 9.76. The molecule has 0 unspecified atom stereocenters. The molecule has 0 spiro atoms. The molecule has 0 aliphatic rings. The molecule has 0 heterocycles. The van der Waals surface area contributed by atoms with Gasteiger partial charge < -0.3 is 20.9 Å². The van der Waals surface area contributed by atoms with Crippen molar-refractivity contribution in [2.24, 2.45) is 4.99 Å². The minimum Gasteiger partial charge on any atom is -0.357 e. The summed E-state index contributed by atoms with van der Waals surface area (Å²) in [5.74, 6) is 0.661. The van der Waals surface area contributed by atoms with Crippen molar-refractivity contribution in [2.45, 2.75) is 20.0 Å². The predicted octanol–water partition coefficient (Wildman–Crippen LogP) is 2.89. The van der Waals surface area contributed by atoms with Gasteiger partial charge in [-0.3, -0.25) is 4.79 Å². The fraction of sp³-hybridized carbons (Fsp3) is 0.364. The third kappa shape index (κ3) is 8.54. The molecular formula is C22H30ClN5O. The van der Waals surface area contributed by atoms with Gasteiger partial charge in [-0.15, -0.1) is 0 Å². The Morgan fingerprint density at radius 1 is 1.03 bits per heavy atom. The van der Waals surface area contributed by atoms with Crippen molar-refractivity contribution in [2.75, 3.05) is 33.7 Å². The highest BCUT2D eigenvalue weighted by atomic mass is 35.5. The first-order valence-corrected chi connectivity index (χ1v) is 10.1. The fourth-order valence-electron chi connectivity index (χ4n) is 2.61. The van der Waals surface area contributed by atoms with Crippen LogP contribution < -0.4 is 16.0 Å². The van der Waals surface area contributed by atoms with Gasteiger partial charge in [-0.05, 0) is 56.4 Å². The highest BCUT2D eigenvalue weighted by Gasteiger charge is 2.06. The number of hydrogen-bond acceptors (Lipinski definition) is 3. The summed E-state index contributed by atoms with van der Waals surface area (Å²) in [7, 11) is 3.96. The zero-order chi connectivity index (χ0) is 21.1. The molecule has 3 N–H and O–H groups in total. The number of amides is 1. The van der Waals surface area contributed by atoms with Crippen molar-refractivity contribution in [1.29, 1.82) is 0 Å². The van der Waals surface area contributed by atoms with E-state index in [1.54, 1.807) is 0 Å². The Morgan fingerprint density at radius 3 is 2.48 bits per heavy atom. The van der Waals surface area contributed by atoms with E-state index in [4.69, 9.17) is 11.6 Å². The lowest BCUT2D eigenvalue weighted by Gasteiger charge is -2.12. The summed E-state index contributed by atoms with van der Waals surface area (Å²) < 4.78 is 0. The highest BCUT2D eigenvalue weighted by molar-refractivity contribution is 6.30. The SMILES string of the molecule is CCNC(=NCc1cccc(C(=O)NCCN(C)C)c1)NCc1ccc(Cl)cc1. The molecule has 0 saturated heterocycles. The molecule has 0 saturated carbocycles. The number of carbonyl (C=O) groups excluding carboxylic acids is 1. The smallest absolute Gasteiger partial charge is 0.251 e. The summed E-state index contributed by atoms with van der Waals surface area (Å²) in [6.07, 6.45) is 0. The van der Waals surface area contributed by atoms with E-state index in [-0.39, 0.29) is 5.91 Å². The summed E-state index contributed by atoms with van der Waals surface area (Å²) in [6.45, 7) is 5.35. The third-order valence-electron chi connectivity index (χ3n) is 4.17. The van der Waals surface area contributed by atoms with Gasteiger partial charge >= 0.3 is 0 Å². The molecule has 7 heteroatoms. The first kappa shape index (κ1) is 22.7. The molecule has 2 rings (SSSR count). The lowest BCUT2D eigenvalue weighted by Crippen LogP contribution is -2.36. The van der Waals surface area contributed by atoms with E-state index >= 15 is 0 Å². The number of guanidine groups is 1. The maximum Gasteiger partial charge on any atom is 0.251 e. The van der Waals surface area contributed by atoms with Crippen LogP contribution in [0.25, 0.3) is 0 Å². The maximum atomic E-state index is 12.3. The summed E-state index contributed by atoms with van der Waals surface area (Å²) >= 11 is 5.93. The lowest BCUT2D eigenvalue weighted by atomic mass is 10.1. The molecule has 0 atom stereocenters. The lowest BCUT2D eigenvalue weighted by molar-refractivity contribution is 0.0951. The number of likely N-dealkylation sites (N-methyl/N-ethyl adjacent to an activating group) is 1. The zero-order valence-electron chi connectivity index (χ0n) is 17.3. The van der Waals surface area contributed by atoms with Crippen LogP contribution in [0.1, 0.15) is 28.4 Å². The molecule has 0 aromatic heterocycles. The summed E-state index contributed by atoms with van der Waals surface area (Å²) in [6, 6.07) is 15.3. The molecule has 2 aromatic rings. The van der Waals surface area contributed by atoms with Gasteiger partial charge in [-0.2, -0.15) is 0 Å². The van der Waals surface area contributed by atoms with Gasteiger partial charge in [0.25, 0.3) is 5.91 Å². The number of nitrogens with one attached hydrogen (secondary N) is 3. The van der Waals surface area contributed by atoms with E-state index in [0.717, 1.165) is 35.2 Å². The Balaban J connectivity index is 1.95. The number of rotatable bonds is 9. The van der Waals surface area contributed by atoms with Crippen molar-refractivity contribution < 1.29 is 4.79 Å². The van der Waals surface area contributed by atoms with Crippen LogP contribution in [0, 0.1) is 0 Å². The van der Waals surface area contributed by atoms with Crippen molar-refractivity contribution >= 4 is 23.5 Å². The van der Waals surface area contributed by atoms with Gasteiger partial charge in [0.1, 0.15) is 0 Å². The summed E-state index contributed by atoms with van der Waals surface area (Å²) in [5.41, 5.74) is 2.75. The quantitative estimate of drug-likeness (QED) is 0.435. The van der Waals surface area contributed by atoms with E-state index in [1.165, 1.54) is 0 Å². The molecule has 1 amide bonds. The van der Waals surface area contributed by atoms with Crippen molar-refractivity contribution in [3.05, 3.63) is 70.2 Å². The molecule has 0 aliphatic carbocycles. The van der Waals surface area contributed by atoms with E-state index in [0.29, 0.717) is 25.2 Å². The average Bonchev–Trinajstić information content (AvgIpc) is 2.71. The fourth-order valence-corrected chi connectivity index (χ4v) is 2.73. The van der Waals surface area contributed by atoms with Crippen LogP contribution in [0.15, 0.2) is 53.5 Å². The van der Waals surface area contributed by atoms with Crippen molar-refractivity contribution in [3.8, 4) is 0 Å². The Labute approximate surface area is 178 Å². The second kappa shape index (κ2) is 12.1. The van der Waals surface area contributed by atoms with E-state index in [2.05, 4.69) is 20.9 Å². The molecule has 6 nitrogen and oxygen atoms in total. The molecule has 0 fully saturated rings. The van der Waals surface area contributed by atoms with Gasteiger partial charge in [0.05, 0.1) is 6.54 Å². The Kier molecular flexibility index (Phi) is 9.47. The van der Waals surface area contributed by atoms with Crippen LogP contribution in [0.2, 0.25) is 5.02 Å². The van der Waals surface area contributed by atoms with Crippen molar-refractivity contribution in [1.82, 2.24) is 20.9 Å². The third-order valence-corrected chi connectivity index (χ3v) is 4.42. The van der Waals surface area contributed by atoms with Crippen LogP contribution in [-0.4, -0.2) is 50.5 Å². The average molecular weight is 416 g/mol. The number of carbonyl (C=O) groups is 1. The molecule has 0 aliphatic heterocycles. The maximum absolute atomic E-state index is 12.3. The Morgan fingerprint density at radius 2 is 1.79 bits per heavy atom. The van der Waals surface area contributed by atoms with Gasteiger partial charge in [0, 0.05) is 36.8 Å². The predicted molar refractivity (Wildman–Crippen MR) is 120 cm³/mol. The van der Waals surface area contributed by atoms with E-state index in [9.17, 15) is 4.79 Å². The zero-order valence-corrected chi connectivity index (χ0v) is 18.1.